The SMILES string of the molecule is CCOc1ccccc1CCC(=O)NS(=O)(=O)c1ccccc1. The Labute approximate surface area is 136 Å². The van der Waals surface area contributed by atoms with Crippen LogP contribution in [0.3, 0.4) is 0 Å². The van der Waals surface area contributed by atoms with Gasteiger partial charge in [0.05, 0.1) is 11.5 Å². The van der Waals surface area contributed by atoms with Gasteiger partial charge in [-0.1, -0.05) is 36.4 Å². The maximum Gasteiger partial charge on any atom is 0.264 e. The molecule has 0 aliphatic carbocycles. The molecule has 0 aliphatic rings. The molecule has 0 atom stereocenters. The molecule has 0 aliphatic heterocycles. The molecule has 0 aromatic heterocycles. The molecular weight excluding hydrogens is 314 g/mol. The van der Waals surface area contributed by atoms with Crippen molar-refractivity contribution in [1.82, 2.24) is 4.72 Å². The summed E-state index contributed by atoms with van der Waals surface area (Å²) in [4.78, 5) is 12.0. The van der Waals surface area contributed by atoms with E-state index in [-0.39, 0.29) is 11.3 Å². The number of benzene rings is 2. The lowest BCUT2D eigenvalue weighted by molar-refractivity contribution is -0.119. The third-order valence-corrected chi connectivity index (χ3v) is 4.58. The number of carbonyl (C=O) groups is 1. The summed E-state index contributed by atoms with van der Waals surface area (Å²) >= 11 is 0. The fourth-order valence-corrected chi connectivity index (χ4v) is 3.15. The summed E-state index contributed by atoms with van der Waals surface area (Å²) < 4.78 is 31.7. The molecule has 0 unspecified atom stereocenters. The van der Waals surface area contributed by atoms with Gasteiger partial charge in [0.15, 0.2) is 0 Å². The summed E-state index contributed by atoms with van der Waals surface area (Å²) in [6.07, 6.45) is 0.475. The number of sulfonamides is 1. The molecule has 2 aromatic rings. The Morgan fingerprint density at radius 2 is 1.70 bits per heavy atom. The number of amides is 1. The minimum Gasteiger partial charge on any atom is -0.494 e. The lowest BCUT2D eigenvalue weighted by Gasteiger charge is -2.10. The highest BCUT2D eigenvalue weighted by Crippen LogP contribution is 2.19. The Kier molecular flexibility index (Phi) is 5.76. The van der Waals surface area contributed by atoms with Crippen molar-refractivity contribution in [2.45, 2.75) is 24.7 Å². The van der Waals surface area contributed by atoms with E-state index >= 15 is 0 Å². The molecule has 2 rings (SSSR count). The van der Waals surface area contributed by atoms with Crippen LogP contribution in [0.2, 0.25) is 0 Å². The highest BCUT2D eigenvalue weighted by molar-refractivity contribution is 7.90. The number of hydrogen-bond donors (Lipinski definition) is 1. The smallest absolute Gasteiger partial charge is 0.264 e. The molecular formula is C17H19NO4S. The van der Waals surface area contributed by atoms with Gasteiger partial charge in [0.1, 0.15) is 5.75 Å². The second kappa shape index (κ2) is 7.78. The minimum absolute atomic E-state index is 0.0656. The molecule has 0 bridgehead atoms. The first-order chi connectivity index (χ1) is 11.0. The van der Waals surface area contributed by atoms with Crippen LogP contribution in [0.1, 0.15) is 18.9 Å². The molecule has 0 fully saturated rings. The molecule has 1 amide bonds. The highest BCUT2D eigenvalue weighted by atomic mass is 32.2. The van der Waals surface area contributed by atoms with Gasteiger partial charge in [-0.3, -0.25) is 4.79 Å². The van der Waals surface area contributed by atoms with E-state index in [0.717, 1.165) is 5.56 Å². The van der Waals surface area contributed by atoms with E-state index in [0.29, 0.717) is 18.8 Å². The van der Waals surface area contributed by atoms with Crippen molar-refractivity contribution in [2.75, 3.05) is 6.61 Å². The molecule has 0 heterocycles. The summed E-state index contributed by atoms with van der Waals surface area (Å²) in [6.45, 7) is 2.42. The molecule has 2 aromatic carbocycles. The van der Waals surface area contributed by atoms with E-state index in [2.05, 4.69) is 4.72 Å². The van der Waals surface area contributed by atoms with Gasteiger partial charge in [-0.15, -0.1) is 0 Å². The zero-order valence-corrected chi connectivity index (χ0v) is 13.7. The van der Waals surface area contributed by atoms with E-state index in [4.69, 9.17) is 4.74 Å². The van der Waals surface area contributed by atoms with Gasteiger partial charge < -0.3 is 4.74 Å². The standard InChI is InChI=1S/C17H19NO4S/c1-2-22-16-11-7-6-8-14(16)12-13-17(19)18-23(20,21)15-9-4-3-5-10-15/h3-11H,2,12-13H2,1H3,(H,18,19). The van der Waals surface area contributed by atoms with Crippen molar-refractivity contribution in [1.29, 1.82) is 0 Å². The van der Waals surface area contributed by atoms with E-state index in [9.17, 15) is 13.2 Å². The zero-order valence-electron chi connectivity index (χ0n) is 12.9. The Morgan fingerprint density at radius 1 is 1.04 bits per heavy atom. The van der Waals surface area contributed by atoms with Crippen LogP contribution in [-0.2, 0) is 21.2 Å². The lowest BCUT2D eigenvalue weighted by Crippen LogP contribution is -2.30. The Hall–Kier alpha value is -2.34. The van der Waals surface area contributed by atoms with E-state index < -0.39 is 15.9 Å². The maximum atomic E-state index is 12.1. The largest absolute Gasteiger partial charge is 0.494 e. The highest BCUT2D eigenvalue weighted by Gasteiger charge is 2.17. The van der Waals surface area contributed by atoms with Crippen LogP contribution in [0.5, 0.6) is 5.75 Å². The second-order valence-electron chi connectivity index (χ2n) is 4.88. The summed E-state index contributed by atoms with van der Waals surface area (Å²) in [5, 5.41) is 0. The average Bonchev–Trinajstić information content (AvgIpc) is 2.55. The lowest BCUT2D eigenvalue weighted by atomic mass is 10.1. The summed E-state index contributed by atoms with van der Waals surface area (Å²) in [5.74, 6) is 0.175. The van der Waals surface area contributed by atoms with Gasteiger partial charge in [-0.25, -0.2) is 13.1 Å². The van der Waals surface area contributed by atoms with Crippen LogP contribution in [0, 0.1) is 0 Å². The first kappa shape index (κ1) is 17.0. The summed E-state index contributed by atoms with van der Waals surface area (Å²) in [5.41, 5.74) is 0.876. The number of para-hydroxylation sites is 1. The number of rotatable bonds is 7. The van der Waals surface area contributed by atoms with Gasteiger partial charge in [-0.05, 0) is 37.1 Å². The normalized spacial score (nSPS) is 11.0. The Morgan fingerprint density at radius 3 is 2.39 bits per heavy atom. The van der Waals surface area contributed by atoms with Gasteiger partial charge in [0.2, 0.25) is 5.91 Å². The molecule has 6 heteroatoms. The van der Waals surface area contributed by atoms with Crippen molar-refractivity contribution >= 4 is 15.9 Å². The molecule has 0 spiro atoms. The number of carbonyl (C=O) groups excluding carboxylic acids is 1. The van der Waals surface area contributed by atoms with Crippen LogP contribution in [0.4, 0.5) is 0 Å². The second-order valence-corrected chi connectivity index (χ2v) is 6.56. The van der Waals surface area contributed by atoms with E-state index in [1.807, 2.05) is 31.2 Å². The molecule has 23 heavy (non-hydrogen) atoms. The topological polar surface area (TPSA) is 72.5 Å². The minimum atomic E-state index is -3.82. The number of nitrogens with one attached hydrogen (secondary N) is 1. The van der Waals surface area contributed by atoms with Crippen LogP contribution >= 0.6 is 0 Å². The van der Waals surface area contributed by atoms with Crippen molar-refractivity contribution in [3.8, 4) is 5.75 Å². The zero-order chi connectivity index (χ0) is 16.7. The number of ether oxygens (including phenoxy) is 1. The van der Waals surface area contributed by atoms with E-state index in [1.165, 1.54) is 12.1 Å². The Balaban J connectivity index is 1.98. The van der Waals surface area contributed by atoms with Gasteiger partial charge in [0, 0.05) is 6.42 Å². The predicted octanol–water partition coefficient (Wildman–Crippen LogP) is 2.52. The average molecular weight is 333 g/mol. The predicted molar refractivity (Wildman–Crippen MR) is 87.7 cm³/mol. The van der Waals surface area contributed by atoms with Crippen LogP contribution in [-0.4, -0.2) is 20.9 Å². The van der Waals surface area contributed by atoms with Gasteiger partial charge in [-0.2, -0.15) is 0 Å². The summed E-state index contributed by atoms with van der Waals surface area (Å²) in [7, 11) is -3.82. The maximum absolute atomic E-state index is 12.1. The first-order valence-electron chi connectivity index (χ1n) is 7.34. The fraction of sp³-hybridized carbons (Fsp3) is 0.235. The van der Waals surface area contributed by atoms with Gasteiger partial charge >= 0.3 is 0 Å². The van der Waals surface area contributed by atoms with Crippen molar-refractivity contribution in [2.24, 2.45) is 0 Å². The van der Waals surface area contributed by atoms with E-state index in [1.54, 1.807) is 18.2 Å². The van der Waals surface area contributed by atoms with Gasteiger partial charge in [0.25, 0.3) is 10.0 Å². The van der Waals surface area contributed by atoms with Crippen molar-refractivity contribution < 1.29 is 17.9 Å². The Bertz CT molecular complexity index is 757. The molecule has 0 radical (unpaired) electrons. The van der Waals surface area contributed by atoms with Crippen LogP contribution in [0.15, 0.2) is 59.5 Å². The third-order valence-electron chi connectivity index (χ3n) is 3.20. The first-order valence-corrected chi connectivity index (χ1v) is 8.82. The van der Waals surface area contributed by atoms with Crippen molar-refractivity contribution in [3.05, 3.63) is 60.2 Å². The van der Waals surface area contributed by atoms with Crippen LogP contribution in [0.25, 0.3) is 0 Å². The van der Waals surface area contributed by atoms with Crippen LogP contribution < -0.4 is 9.46 Å². The molecule has 0 saturated heterocycles. The molecule has 5 nitrogen and oxygen atoms in total. The third kappa shape index (κ3) is 4.82. The summed E-state index contributed by atoms with van der Waals surface area (Å²) in [6, 6.07) is 15.2. The quantitative estimate of drug-likeness (QED) is 0.845. The number of aryl methyl sites for hydroxylation is 1. The number of hydrogen-bond acceptors (Lipinski definition) is 4. The monoisotopic (exact) mass is 333 g/mol. The molecule has 1 N–H and O–H groups in total. The molecule has 122 valence electrons. The fourth-order valence-electron chi connectivity index (χ4n) is 2.11. The molecule has 0 saturated carbocycles. The van der Waals surface area contributed by atoms with Crippen molar-refractivity contribution in [3.63, 3.8) is 0 Å².